The van der Waals surface area contributed by atoms with Gasteiger partial charge in [-0.15, -0.1) is 11.8 Å². The van der Waals surface area contributed by atoms with E-state index in [0.29, 0.717) is 36.5 Å². The third kappa shape index (κ3) is 3.57. The zero-order valence-corrected chi connectivity index (χ0v) is 14.7. The third-order valence-electron chi connectivity index (χ3n) is 4.30. The van der Waals surface area contributed by atoms with Crippen LogP contribution in [-0.4, -0.2) is 46.4 Å². The predicted octanol–water partition coefficient (Wildman–Crippen LogP) is 3.98. The van der Waals surface area contributed by atoms with Crippen LogP contribution in [0.5, 0.6) is 0 Å². The Bertz CT molecular complexity index is 543. The van der Waals surface area contributed by atoms with Gasteiger partial charge in [-0.25, -0.2) is 4.39 Å². The Balaban J connectivity index is 1.63. The Morgan fingerprint density at radius 3 is 2.73 bits per heavy atom. The van der Waals surface area contributed by atoms with Crippen LogP contribution in [0.3, 0.4) is 0 Å². The number of carbonyl (C=O) groups excluding carboxylic acids is 1. The van der Waals surface area contributed by atoms with Gasteiger partial charge in [0.25, 0.3) is 0 Å². The molecule has 6 heteroatoms. The number of rotatable bonds is 2. The number of nitrogens with zero attached hydrogens (tertiary/aromatic N) is 1. The van der Waals surface area contributed by atoms with Gasteiger partial charge in [-0.1, -0.05) is 23.7 Å². The van der Waals surface area contributed by atoms with E-state index in [-0.39, 0.29) is 11.2 Å². The van der Waals surface area contributed by atoms with Gasteiger partial charge in [0.1, 0.15) is 5.67 Å². The van der Waals surface area contributed by atoms with Gasteiger partial charge < -0.3 is 4.90 Å². The normalized spacial score (nSPS) is 25.0. The second-order valence-electron chi connectivity index (χ2n) is 5.74. The van der Waals surface area contributed by atoms with Gasteiger partial charge in [-0.3, -0.25) is 4.79 Å². The number of amides is 1. The summed E-state index contributed by atoms with van der Waals surface area (Å²) in [4.78, 5) is 14.3. The molecule has 0 radical (unpaired) electrons. The van der Waals surface area contributed by atoms with Crippen LogP contribution in [0.2, 0.25) is 5.02 Å². The molecule has 120 valence electrons. The van der Waals surface area contributed by atoms with Crippen LogP contribution in [0, 0.1) is 0 Å². The number of carbonyl (C=O) groups is 1. The fraction of sp³-hybridized carbons (Fsp3) is 0.562. The number of hydrogen-bond donors (Lipinski definition) is 0. The minimum atomic E-state index is -1.36. The lowest BCUT2D eigenvalue weighted by molar-refractivity contribution is -0.133. The molecule has 0 bridgehead atoms. The Labute approximate surface area is 144 Å². The summed E-state index contributed by atoms with van der Waals surface area (Å²) in [7, 11) is 0. The molecule has 2 aliphatic rings. The smallest absolute Gasteiger partial charge is 0.236 e. The van der Waals surface area contributed by atoms with E-state index in [0.717, 1.165) is 17.3 Å². The summed E-state index contributed by atoms with van der Waals surface area (Å²) in [5.41, 5.74) is -0.731. The molecule has 0 spiro atoms. The number of piperidine rings is 1. The summed E-state index contributed by atoms with van der Waals surface area (Å²) in [5.74, 6) is 3.22. The van der Waals surface area contributed by atoms with Crippen molar-refractivity contribution >= 4 is 41.0 Å². The van der Waals surface area contributed by atoms with Crippen molar-refractivity contribution in [2.45, 2.75) is 23.8 Å². The maximum Gasteiger partial charge on any atom is 0.236 e. The van der Waals surface area contributed by atoms with Crippen molar-refractivity contribution in [3.05, 3.63) is 34.9 Å². The highest BCUT2D eigenvalue weighted by molar-refractivity contribution is 8.07. The van der Waals surface area contributed by atoms with E-state index >= 15 is 4.39 Å². The Hall–Kier alpha value is -0.390. The number of benzene rings is 1. The van der Waals surface area contributed by atoms with Crippen LogP contribution in [0.25, 0.3) is 0 Å². The lowest BCUT2D eigenvalue weighted by atomic mass is 9.86. The molecule has 1 aromatic carbocycles. The number of likely N-dealkylation sites (tertiary alicyclic amines) is 1. The predicted molar refractivity (Wildman–Crippen MR) is 93.6 cm³/mol. The molecular weight excluding hydrogens is 341 g/mol. The first-order valence-corrected chi connectivity index (χ1v) is 10.1. The second-order valence-corrected chi connectivity index (χ2v) is 8.63. The van der Waals surface area contributed by atoms with Gasteiger partial charge >= 0.3 is 0 Å². The zero-order valence-electron chi connectivity index (χ0n) is 12.3. The monoisotopic (exact) mass is 359 g/mol. The van der Waals surface area contributed by atoms with E-state index in [9.17, 15) is 4.79 Å². The highest BCUT2D eigenvalue weighted by Gasteiger charge is 2.39. The molecule has 2 nitrogen and oxygen atoms in total. The molecular formula is C16H19ClFNOS2. The molecule has 2 saturated heterocycles. The average Bonchev–Trinajstić information content (AvgIpc) is 2.56. The highest BCUT2D eigenvalue weighted by atomic mass is 35.5. The second kappa shape index (κ2) is 7.02. The van der Waals surface area contributed by atoms with E-state index in [4.69, 9.17) is 11.6 Å². The van der Waals surface area contributed by atoms with Crippen LogP contribution >= 0.6 is 35.1 Å². The summed E-state index contributed by atoms with van der Waals surface area (Å²) in [5, 5.41) is 0.612. The molecule has 0 unspecified atom stereocenters. The lowest BCUT2D eigenvalue weighted by Crippen LogP contribution is -2.47. The fourth-order valence-electron chi connectivity index (χ4n) is 2.97. The standard InChI is InChI=1S/C16H19ClFNOS2/c17-13-3-1-2-12(10-13)16(18)4-6-19(7-5-16)15(20)14-11-21-8-9-22-14/h1-3,10,14H,4-9,11H2/t14-/m1/s1. The number of alkyl halides is 1. The molecule has 22 heavy (non-hydrogen) atoms. The van der Waals surface area contributed by atoms with Crippen LogP contribution in [0.1, 0.15) is 18.4 Å². The van der Waals surface area contributed by atoms with Gasteiger partial charge in [0.05, 0.1) is 5.25 Å². The molecule has 0 aliphatic carbocycles. The molecule has 1 amide bonds. The van der Waals surface area contributed by atoms with Crippen molar-refractivity contribution in [1.29, 1.82) is 0 Å². The van der Waals surface area contributed by atoms with E-state index < -0.39 is 5.67 Å². The van der Waals surface area contributed by atoms with Crippen molar-refractivity contribution < 1.29 is 9.18 Å². The molecule has 0 saturated carbocycles. The molecule has 1 atom stereocenters. The molecule has 3 rings (SSSR count). The quantitative estimate of drug-likeness (QED) is 0.796. The van der Waals surface area contributed by atoms with E-state index in [1.165, 1.54) is 0 Å². The summed E-state index contributed by atoms with van der Waals surface area (Å²) in [6, 6.07) is 7.03. The van der Waals surface area contributed by atoms with Gasteiger partial charge in [-0.2, -0.15) is 11.8 Å². The third-order valence-corrected chi connectivity index (χ3v) is 7.28. The topological polar surface area (TPSA) is 20.3 Å². The molecule has 0 aromatic heterocycles. The minimum absolute atomic E-state index is 0.0528. The number of thioether (sulfide) groups is 2. The van der Waals surface area contributed by atoms with Gasteiger partial charge in [0.15, 0.2) is 0 Å². The van der Waals surface area contributed by atoms with Crippen molar-refractivity contribution in [1.82, 2.24) is 4.90 Å². The molecule has 2 aliphatic heterocycles. The van der Waals surface area contributed by atoms with Crippen LogP contribution in [0.4, 0.5) is 4.39 Å². The molecule has 0 N–H and O–H groups in total. The van der Waals surface area contributed by atoms with Gasteiger partial charge in [0, 0.05) is 48.2 Å². The summed E-state index contributed by atoms with van der Waals surface area (Å²) in [6.07, 6.45) is 0.702. The Morgan fingerprint density at radius 2 is 2.09 bits per heavy atom. The van der Waals surface area contributed by atoms with Crippen molar-refractivity contribution in [3.8, 4) is 0 Å². The summed E-state index contributed by atoms with van der Waals surface area (Å²) >= 11 is 9.55. The van der Waals surface area contributed by atoms with Crippen LogP contribution in [0.15, 0.2) is 24.3 Å². The van der Waals surface area contributed by atoms with Crippen molar-refractivity contribution in [2.75, 3.05) is 30.3 Å². The van der Waals surface area contributed by atoms with Gasteiger partial charge in [-0.05, 0) is 17.7 Å². The Morgan fingerprint density at radius 1 is 1.32 bits per heavy atom. The van der Waals surface area contributed by atoms with E-state index in [1.807, 2.05) is 16.7 Å². The summed E-state index contributed by atoms with van der Waals surface area (Å²) in [6.45, 7) is 0.979. The first-order valence-electron chi connectivity index (χ1n) is 7.52. The van der Waals surface area contributed by atoms with Crippen LogP contribution < -0.4 is 0 Å². The molecule has 2 fully saturated rings. The minimum Gasteiger partial charge on any atom is -0.341 e. The number of halogens is 2. The fourth-order valence-corrected chi connectivity index (χ4v) is 5.79. The van der Waals surface area contributed by atoms with E-state index in [1.54, 1.807) is 36.0 Å². The maximum atomic E-state index is 15.2. The van der Waals surface area contributed by atoms with Gasteiger partial charge in [0.2, 0.25) is 5.91 Å². The van der Waals surface area contributed by atoms with E-state index in [2.05, 4.69) is 0 Å². The SMILES string of the molecule is O=C([C@H]1CSCCS1)N1CCC(F)(c2cccc(Cl)c2)CC1. The Kier molecular flexibility index (Phi) is 5.25. The number of hydrogen-bond acceptors (Lipinski definition) is 3. The van der Waals surface area contributed by atoms with Crippen molar-refractivity contribution in [2.24, 2.45) is 0 Å². The highest BCUT2D eigenvalue weighted by Crippen LogP contribution is 2.38. The first kappa shape index (κ1) is 16.5. The average molecular weight is 360 g/mol. The van der Waals surface area contributed by atoms with Crippen molar-refractivity contribution in [3.63, 3.8) is 0 Å². The largest absolute Gasteiger partial charge is 0.341 e. The first-order chi connectivity index (χ1) is 10.6. The maximum absolute atomic E-state index is 15.2. The lowest BCUT2D eigenvalue weighted by Gasteiger charge is -2.38. The summed E-state index contributed by atoms with van der Waals surface area (Å²) < 4.78 is 15.2. The molecule has 2 heterocycles. The molecule has 1 aromatic rings. The zero-order chi connectivity index (χ0) is 15.6. The van der Waals surface area contributed by atoms with Crippen LogP contribution in [-0.2, 0) is 10.5 Å².